The molecule has 0 aromatic carbocycles. The maximum Gasteiger partial charge on any atom is 0.251 e. The molecule has 0 saturated heterocycles. The number of carbonyl (C=O) groups excluding carboxylic acids is 1. The molecule has 0 unspecified atom stereocenters. The zero-order valence-corrected chi connectivity index (χ0v) is 12.6. The van der Waals surface area contributed by atoms with Crippen LogP contribution >= 0.6 is 0 Å². The van der Waals surface area contributed by atoms with Crippen LogP contribution in [0.5, 0.6) is 0 Å². The summed E-state index contributed by atoms with van der Waals surface area (Å²) in [7, 11) is 0. The lowest BCUT2D eigenvalue weighted by Gasteiger charge is -2.06. The minimum atomic E-state index is -0.202. The van der Waals surface area contributed by atoms with E-state index >= 15 is 0 Å². The number of nitrogens with one attached hydrogen (secondary N) is 1. The predicted octanol–water partition coefficient (Wildman–Crippen LogP) is 1.24. The highest BCUT2D eigenvalue weighted by atomic mass is 16.1. The monoisotopic (exact) mass is 319 g/mol. The van der Waals surface area contributed by atoms with Crippen molar-refractivity contribution in [3.8, 4) is 5.82 Å². The molecule has 8 nitrogen and oxygen atoms in total. The van der Waals surface area contributed by atoms with Gasteiger partial charge in [0.2, 0.25) is 0 Å². The normalized spacial score (nSPS) is 10.8. The van der Waals surface area contributed by atoms with Crippen LogP contribution in [0, 0.1) is 0 Å². The minimum absolute atomic E-state index is 0.202. The number of aromatic nitrogens is 6. The number of pyridine rings is 2. The summed E-state index contributed by atoms with van der Waals surface area (Å²) in [5.41, 5.74) is 1.26. The molecule has 0 saturated carbocycles. The van der Waals surface area contributed by atoms with Gasteiger partial charge in [-0.15, -0.1) is 10.2 Å². The van der Waals surface area contributed by atoms with E-state index in [2.05, 4.69) is 25.5 Å². The molecule has 24 heavy (non-hydrogen) atoms. The van der Waals surface area contributed by atoms with Gasteiger partial charge >= 0.3 is 0 Å². The van der Waals surface area contributed by atoms with Gasteiger partial charge in [-0.05, 0) is 24.3 Å². The molecule has 0 aliphatic heterocycles. The minimum Gasteiger partial charge on any atom is -0.345 e. The quantitative estimate of drug-likeness (QED) is 0.611. The van der Waals surface area contributed by atoms with E-state index in [0.717, 1.165) is 5.65 Å². The molecule has 0 aliphatic carbocycles. The summed E-state index contributed by atoms with van der Waals surface area (Å²) in [6.45, 7) is 0.284. The Morgan fingerprint density at radius 2 is 2.08 bits per heavy atom. The van der Waals surface area contributed by atoms with Crippen LogP contribution in [-0.2, 0) is 6.54 Å². The number of nitrogens with zero attached hydrogens (tertiary/aromatic N) is 6. The Bertz CT molecular complexity index is 991. The zero-order valence-electron chi connectivity index (χ0n) is 12.6. The molecule has 4 aromatic rings. The second-order valence-corrected chi connectivity index (χ2v) is 5.10. The fourth-order valence-electron chi connectivity index (χ4n) is 2.37. The van der Waals surface area contributed by atoms with Crippen LogP contribution in [0.2, 0.25) is 0 Å². The first-order chi connectivity index (χ1) is 11.8. The van der Waals surface area contributed by atoms with Crippen molar-refractivity contribution in [1.82, 2.24) is 34.4 Å². The molecule has 0 atom stereocenters. The van der Waals surface area contributed by atoms with E-state index < -0.39 is 0 Å². The SMILES string of the molecule is O=C(NCc1nnc2ccccn12)c1ccnc(-n2ccnc2)c1. The van der Waals surface area contributed by atoms with Gasteiger partial charge < -0.3 is 5.32 Å². The average Bonchev–Trinajstić information content (AvgIpc) is 3.30. The third kappa shape index (κ3) is 2.60. The summed E-state index contributed by atoms with van der Waals surface area (Å²) in [5, 5.41) is 11.0. The van der Waals surface area contributed by atoms with Crippen molar-refractivity contribution in [2.24, 2.45) is 0 Å². The summed E-state index contributed by atoms with van der Waals surface area (Å²) in [4.78, 5) is 20.6. The van der Waals surface area contributed by atoms with Crippen LogP contribution in [0.4, 0.5) is 0 Å². The van der Waals surface area contributed by atoms with Crippen molar-refractivity contribution in [1.29, 1.82) is 0 Å². The Morgan fingerprint density at radius 3 is 2.96 bits per heavy atom. The van der Waals surface area contributed by atoms with Gasteiger partial charge in [-0.1, -0.05) is 6.07 Å². The summed E-state index contributed by atoms with van der Waals surface area (Å²) in [5.74, 6) is 1.10. The van der Waals surface area contributed by atoms with Crippen molar-refractivity contribution >= 4 is 11.6 Å². The van der Waals surface area contributed by atoms with Gasteiger partial charge in [-0.25, -0.2) is 9.97 Å². The number of carbonyl (C=O) groups is 1. The maximum absolute atomic E-state index is 12.4. The number of imidazole rings is 1. The van der Waals surface area contributed by atoms with Crippen molar-refractivity contribution in [2.75, 3.05) is 0 Å². The van der Waals surface area contributed by atoms with Gasteiger partial charge in [0.1, 0.15) is 12.1 Å². The molecule has 0 fully saturated rings. The van der Waals surface area contributed by atoms with E-state index in [9.17, 15) is 4.79 Å². The highest BCUT2D eigenvalue weighted by Crippen LogP contribution is 2.08. The Hall–Kier alpha value is -3.55. The second kappa shape index (κ2) is 5.92. The molecule has 1 N–H and O–H groups in total. The molecule has 0 spiro atoms. The molecule has 8 heteroatoms. The Morgan fingerprint density at radius 1 is 1.12 bits per heavy atom. The fourth-order valence-corrected chi connectivity index (χ4v) is 2.37. The molecular weight excluding hydrogens is 306 g/mol. The molecule has 4 rings (SSSR count). The van der Waals surface area contributed by atoms with Gasteiger partial charge in [0.15, 0.2) is 11.5 Å². The first-order valence-corrected chi connectivity index (χ1v) is 7.32. The lowest BCUT2D eigenvalue weighted by molar-refractivity contribution is 0.0949. The Balaban J connectivity index is 1.51. The van der Waals surface area contributed by atoms with Gasteiger partial charge in [0.05, 0.1) is 6.54 Å². The first kappa shape index (κ1) is 14.1. The molecule has 0 aliphatic rings. The standard InChI is InChI=1S/C16H13N7O/c24-16(12-4-5-18-14(9-12)22-8-6-17-11-22)19-10-15-21-20-13-3-1-2-7-23(13)15/h1-9,11H,10H2,(H,19,24). The van der Waals surface area contributed by atoms with Crippen LogP contribution in [-0.4, -0.2) is 35.0 Å². The van der Waals surface area contributed by atoms with Gasteiger partial charge in [0, 0.05) is 30.4 Å². The van der Waals surface area contributed by atoms with Crippen LogP contribution in [0.25, 0.3) is 11.5 Å². The highest BCUT2D eigenvalue weighted by molar-refractivity contribution is 5.94. The first-order valence-electron chi connectivity index (χ1n) is 7.32. The van der Waals surface area contributed by atoms with E-state index in [1.807, 2.05) is 28.8 Å². The van der Waals surface area contributed by atoms with Crippen LogP contribution in [0.15, 0.2) is 61.4 Å². The van der Waals surface area contributed by atoms with E-state index in [4.69, 9.17) is 0 Å². The lowest BCUT2D eigenvalue weighted by Crippen LogP contribution is -2.24. The second-order valence-electron chi connectivity index (χ2n) is 5.10. The largest absolute Gasteiger partial charge is 0.345 e. The summed E-state index contributed by atoms with van der Waals surface area (Å²) in [6.07, 6.45) is 8.51. The van der Waals surface area contributed by atoms with Gasteiger partial charge in [-0.2, -0.15) is 0 Å². The molecule has 1 amide bonds. The molecule has 4 heterocycles. The van der Waals surface area contributed by atoms with Gasteiger partial charge in [0.25, 0.3) is 5.91 Å². The third-order valence-electron chi connectivity index (χ3n) is 3.57. The molecular formula is C16H13N7O. The number of hydrogen-bond donors (Lipinski definition) is 1. The summed E-state index contributed by atoms with van der Waals surface area (Å²) in [6, 6.07) is 9.01. The molecule has 0 bridgehead atoms. The third-order valence-corrected chi connectivity index (χ3v) is 3.57. The van der Waals surface area contributed by atoms with Crippen molar-refractivity contribution in [3.63, 3.8) is 0 Å². The lowest BCUT2D eigenvalue weighted by atomic mass is 10.2. The van der Waals surface area contributed by atoms with E-state index in [1.54, 1.807) is 41.6 Å². The number of rotatable bonds is 4. The highest BCUT2D eigenvalue weighted by Gasteiger charge is 2.10. The molecule has 4 aromatic heterocycles. The fraction of sp³-hybridized carbons (Fsp3) is 0.0625. The Kier molecular flexibility index (Phi) is 3.47. The van der Waals surface area contributed by atoms with Crippen LogP contribution in [0.1, 0.15) is 16.2 Å². The van der Waals surface area contributed by atoms with E-state index in [1.165, 1.54) is 0 Å². The van der Waals surface area contributed by atoms with Gasteiger partial charge in [-0.3, -0.25) is 13.8 Å². The predicted molar refractivity (Wildman–Crippen MR) is 85.5 cm³/mol. The molecule has 0 radical (unpaired) electrons. The average molecular weight is 319 g/mol. The van der Waals surface area contributed by atoms with Crippen molar-refractivity contribution in [2.45, 2.75) is 6.54 Å². The maximum atomic E-state index is 12.4. The molecule has 118 valence electrons. The summed E-state index contributed by atoms with van der Waals surface area (Å²) < 4.78 is 3.58. The number of fused-ring (bicyclic) bond motifs is 1. The van der Waals surface area contributed by atoms with Crippen LogP contribution in [0.3, 0.4) is 0 Å². The van der Waals surface area contributed by atoms with E-state index in [0.29, 0.717) is 17.2 Å². The number of hydrogen-bond acceptors (Lipinski definition) is 5. The van der Waals surface area contributed by atoms with Crippen molar-refractivity contribution in [3.05, 3.63) is 72.8 Å². The summed E-state index contributed by atoms with van der Waals surface area (Å²) >= 11 is 0. The van der Waals surface area contributed by atoms with Crippen LogP contribution < -0.4 is 5.32 Å². The number of amides is 1. The zero-order chi connectivity index (χ0) is 16.4. The smallest absolute Gasteiger partial charge is 0.251 e. The van der Waals surface area contributed by atoms with Crippen molar-refractivity contribution < 1.29 is 4.79 Å². The van der Waals surface area contributed by atoms with E-state index in [-0.39, 0.29) is 12.5 Å². The topological polar surface area (TPSA) is 90.0 Å². The Labute approximate surface area is 136 Å².